The Morgan fingerprint density at radius 1 is 1.50 bits per heavy atom. The van der Waals surface area contributed by atoms with E-state index >= 15 is 0 Å². The molecule has 16 heavy (non-hydrogen) atoms. The van der Waals surface area contributed by atoms with Crippen LogP contribution in [0, 0.1) is 11.3 Å². The molecule has 0 bridgehead atoms. The first-order valence-electron chi connectivity index (χ1n) is 4.94. The summed E-state index contributed by atoms with van der Waals surface area (Å²) in [5.41, 5.74) is 0.996. The van der Waals surface area contributed by atoms with Gasteiger partial charge in [-0.25, -0.2) is 13.2 Å². The van der Waals surface area contributed by atoms with Gasteiger partial charge in [0.05, 0.1) is 18.5 Å². The topological polar surface area (TPSA) is 56.1 Å². The van der Waals surface area contributed by atoms with Crippen LogP contribution in [0.15, 0.2) is 30.3 Å². The number of nitriles is 1. The van der Waals surface area contributed by atoms with Gasteiger partial charge in [-0.1, -0.05) is 30.3 Å². The average Bonchev–Trinajstić information content (AvgIpc) is 2.35. The van der Waals surface area contributed by atoms with E-state index in [0.29, 0.717) is 6.42 Å². The van der Waals surface area contributed by atoms with Crippen LogP contribution in [0.3, 0.4) is 0 Å². The lowest BCUT2D eigenvalue weighted by molar-refractivity contribution is 0.403. The molecule has 4 nitrogen and oxygen atoms in total. The summed E-state index contributed by atoms with van der Waals surface area (Å²) in [4.78, 5) is 0. The van der Waals surface area contributed by atoms with Crippen molar-refractivity contribution >= 4 is 11.2 Å². The third-order valence-corrected chi connectivity index (χ3v) is 3.47. The Hall–Kier alpha value is -1.22. The molecule has 0 aliphatic carbocycles. The third kappa shape index (κ3) is 3.14. The minimum Gasteiger partial charge on any atom is -0.228 e. The Morgan fingerprint density at radius 2 is 2.12 bits per heavy atom. The number of nitrogens with one attached hydrogen (secondary N) is 1. The molecule has 0 saturated carbocycles. The Bertz CT molecular complexity index is 388. The van der Waals surface area contributed by atoms with Gasteiger partial charge in [0, 0.05) is 7.05 Å². The van der Waals surface area contributed by atoms with Crippen LogP contribution in [0.4, 0.5) is 0 Å². The molecule has 0 fully saturated rings. The van der Waals surface area contributed by atoms with E-state index < -0.39 is 11.2 Å². The van der Waals surface area contributed by atoms with Gasteiger partial charge in [-0.3, -0.25) is 0 Å². The molecule has 0 aromatic heterocycles. The number of hydrogen-bond acceptors (Lipinski definition) is 2. The molecule has 0 saturated heterocycles. The zero-order valence-electron chi connectivity index (χ0n) is 9.38. The molecule has 1 aromatic carbocycles. The fourth-order valence-corrected chi connectivity index (χ4v) is 2.19. The maximum atomic E-state index is 11.6. The number of hydrogen-bond donors (Lipinski definition) is 1. The third-order valence-electron chi connectivity index (χ3n) is 2.34. The highest BCUT2D eigenvalue weighted by Crippen LogP contribution is 2.22. The van der Waals surface area contributed by atoms with Crippen LogP contribution in [-0.2, 0) is 11.2 Å². The highest BCUT2D eigenvalue weighted by atomic mass is 32.2. The van der Waals surface area contributed by atoms with E-state index in [-0.39, 0.29) is 6.04 Å². The second kappa shape index (κ2) is 6.38. The van der Waals surface area contributed by atoms with Crippen molar-refractivity contribution in [2.45, 2.75) is 12.5 Å². The summed E-state index contributed by atoms with van der Waals surface area (Å²) in [6, 6.07) is 11.6. The number of nitrogens with zero attached hydrogens (tertiary/aromatic N) is 2. The lowest BCUT2D eigenvalue weighted by Gasteiger charge is -2.24. The first-order valence-corrected chi connectivity index (χ1v) is 6.05. The lowest BCUT2D eigenvalue weighted by Crippen LogP contribution is -2.33. The molecule has 0 aliphatic heterocycles. The highest BCUT2D eigenvalue weighted by Gasteiger charge is 2.20. The van der Waals surface area contributed by atoms with Gasteiger partial charge in [-0.15, -0.1) is 0 Å². The van der Waals surface area contributed by atoms with Crippen LogP contribution >= 0.6 is 0 Å². The summed E-state index contributed by atoms with van der Waals surface area (Å²) in [7, 11) is 3.36. The maximum Gasteiger partial charge on any atom is 0.170 e. The monoisotopic (exact) mass is 237 g/mol. The smallest absolute Gasteiger partial charge is 0.170 e. The molecule has 0 spiro atoms. The largest absolute Gasteiger partial charge is 0.228 e. The fourth-order valence-electron chi connectivity index (χ4n) is 1.48. The molecule has 0 heterocycles. The second-order valence-electron chi connectivity index (χ2n) is 3.29. The van der Waals surface area contributed by atoms with E-state index in [1.54, 1.807) is 18.4 Å². The summed E-state index contributed by atoms with van der Waals surface area (Å²) < 4.78 is 15.9. The fraction of sp³-hybridized carbons (Fsp3) is 0.364. The van der Waals surface area contributed by atoms with Gasteiger partial charge >= 0.3 is 0 Å². The van der Waals surface area contributed by atoms with Gasteiger partial charge in [0.1, 0.15) is 0 Å². The van der Waals surface area contributed by atoms with E-state index in [1.807, 2.05) is 30.3 Å². The molecule has 0 radical (unpaired) electrons. The SMILES string of the molecule is CNS(=O)N(C)C(CC#N)c1ccccc1. The molecule has 1 aromatic rings. The van der Waals surface area contributed by atoms with E-state index in [4.69, 9.17) is 5.26 Å². The summed E-state index contributed by atoms with van der Waals surface area (Å²) in [6.45, 7) is 0. The van der Waals surface area contributed by atoms with Gasteiger partial charge in [0.15, 0.2) is 11.2 Å². The molecule has 2 atom stereocenters. The maximum absolute atomic E-state index is 11.6. The highest BCUT2D eigenvalue weighted by molar-refractivity contribution is 7.80. The summed E-state index contributed by atoms with van der Waals surface area (Å²) in [6.07, 6.45) is 0.313. The summed E-state index contributed by atoms with van der Waals surface area (Å²) >= 11 is -1.27. The minimum atomic E-state index is -1.27. The van der Waals surface area contributed by atoms with Crippen molar-refractivity contribution in [3.05, 3.63) is 35.9 Å². The van der Waals surface area contributed by atoms with Crippen molar-refractivity contribution in [2.24, 2.45) is 0 Å². The zero-order chi connectivity index (χ0) is 12.0. The van der Waals surface area contributed by atoms with Gasteiger partial charge in [0.25, 0.3) is 0 Å². The molecule has 86 valence electrons. The molecule has 2 unspecified atom stereocenters. The first-order chi connectivity index (χ1) is 7.70. The van der Waals surface area contributed by atoms with Crippen LogP contribution in [0.5, 0.6) is 0 Å². The van der Waals surface area contributed by atoms with Crippen molar-refractivity contribution in [3.63, 3.8) is 0 Å². The van der Waals surface area contributed by atoms with Gasteiger partial charge in [-0.05, 0) is 12.6 Å². The van der Waals surface area contributed by atoms with Gasteiger partial charge in [-0.2, -0.15) is 5.26 Å². The zero-order valence-corrected chi connectivity index (χ0v) is 10.2. The van der Waals surface area contributed by atoms with Crippen molar-refractivity contribution in [1.29, 1.82) is 5.26 Å². The van der Waals surface area contributed by atoms with E-state index in [0.717, 1.165) is 5.56 Å². The molecule has 1 N–H and O–H groups in total. The first kappa shape index (κ1) is 12.8. The van der Waals surface area contributed by atoms with Crippen LogP contribution < -0.4 is 4.72 Å². The molecule has 1 rings (SSSR count). The van der Waals surface area contributed by atoms with Crippen molar-refractivity contribution in [1.82, 2.24) is 9.03 Å². The van der Waals surface area contributed by atoms with E-state index in [1.165, 1.54) is 0 Å². The van der Waals surface area contributed by atoms with Crippen LogP contribution in [0.25, 0.3) is 0 Å². The molecule has 0 aliphatic rings. The minimum absolute atomic E-state index is 0.153. The lowest BCUT2D eigenvalue weighted by atomic mass is 10.1. The number of benzene rings is 1. The second-order valence-corrected chi connectivity index (χ2v) is 4.77. The van der Waals surface area contributed by atoms with Gasteiger partial charge < -0.3 is 0 Å². The van der Waals surface area contributed by atoms with Crippen molar-refractivity contribution in [2.75, 3.05) is 14.1 Å². The standard InChI is InChI=1S/C11H15N3OS/c1-13-16(15)14(2)11(8-9-12)10-6-4-3-5-7-10/h3-7,11,13H,8H2,1-2H3. The quantitative estimate of drug-likeness (QED) is 0.841. The molecule has 0 amide bonds. The predicted molar refractivity (Wildman–Crippen MR) is 64.4 cm³/mol. The normalized spacial score (nSPS) is 14.4. The predicted octanol–water partition coefficient (Wildman–Crippen LogP) is 1.37. The van der Waals surface area contributed by atoms with Gasteiger partial charge in [0.2, 0.25) is 0 Å². The average molecular weight is 237 g/mol. The summed E-state index contributed by atoms with van der Waals surface area (Å²) in [5, 5.41) is 8.81. The van der Waals surface area contributed by atoms with Crippen LogP contribution in [0.2, 0.25) is 0 Å². The van der Waals surface area contributed by atoms with Crippen LogP contribution in [0.1, 0.15) is 18.0 Å². The Morgan fingerprint density at radius 3 is 2.62 bits per heavy atom. The van der Waals surface area contributed by atoms with Crippen molar-refractivity contribution in [3.8, 4) is 6.07 Å². The Labute approximate surface area is 98.6 Å². The molecular formula is C11H15N3OS. The Balaban J connectivity index is 2.92. The van der Waals surface area contributed by atoms with Crippen LogP contribution in [-0.4, -0.2) is 22.6 Å². The number of rotatable bonds is 5. The summed E-state index contributed by atoms with van der Waals surface area (Å²) in [5.74, 6) is 0. The van der Waals surface area contributed by atoms with Crippen molar-refractivity contribution < 1.29 is 4.21 Å². The van der Waals surface area contributed by atoms with E-state index in [2.05, 4.69) is 10.8 Å². The molecule has 5 heteroatoms. The molecular weight excluding hydrogens is 222 g/mol. The Kier molecular flexibility index (Phi) is 5.12. The van der Waals surface area contributed by atoms with E-state index in [9.17, 15) is 4.21 Å².